The maximum atomic E-state index is 13.5. The first-order chi connectivity index (χ1) is 13.1. The van der Waals surface area contributed by atoms with Crippen LogP contribution in [0.1, 0.15) is 17.3 Å². The Morgan fingerprint density at radius 2 is 2.00 bits per heavy atom. The maximum Gasteiger partial charge on any atom is 0.256 e. The Balaban J connectivity index is 1.55. The molecule has 6 nitrogen and oxygen atoms in total. The summed E-state index contributed by atoms with van der Waals surface area (Å²) in [6.45, 7) is 3.90. The Labute approximate surface area is 156 Å². The zero-order valence-corrected chi connectivity index (χ0v) is 15.0. The monoisotopic (exact) mass is 365 g/mol. The molecule has 138 valence electrons. The molecule has 3 aromatic rings. The van der Waals surface area contributed by atoms with Crippen LogP contribution < -0.4 is 4.90 Å². The summed E-state index contributed by atoms with van der Waals surface area (Å²) in [5, 5.41) is 7.83. The van der Waals surface area contributed by atoms with E-state index in [0.717, 1.165) is 5.69 Å². The van der Waals surface area contributed by atoms with Crippen molar-refractivity contribution in [2.24, 2.45) is 0 Å². The second-order valence-electron chi connectivity index (χ2n) is 6.64. The van der Waals surface area contributed by atoms with Gasteiger partial charge in [0, 0.05) is 31.4 Å². The lowest BCUT2D eigenvalue weighted by Crippen LogP contribution is -2.54. The number of hydrogen-bond acceptors (Lipinski definition) is 4. The minimum Gasteiger partial charge on any atom is -0.368 e. The molecular formula is C20H20FN5O. The summed E-state index contributed by atoms with van der Waals surface area (Å²) in [4.78, 5) is 17.2. The molecule has 4 rings (SSSR count). The third-order valence-corrected chi connectivity index (χ3v) is 4.87. The number of carbonyl (C=O) groups is 1. The first-order valence-electron chi connectivity index (χ1n) is 8.90. The molecule has 1 amide bonds. The molecule has 1 unspecified atom stereocenters. The van der Waals surface area contributed by atoms with Gasteiger partial charge in [0.15, 0.2) is 0 Å². The van der Waals surface area contributed by atoms with Crippen LogP contribution in [0.15, 0.2) is 60.9 Å². The summed E-state index contributed by atoms with van der Waals surface area (Å²) in [5.41, 5.74) is 2.14. The summed E-state index contributed by atoms with van der Waals surface area (Å²) in [5.74, 6) is -0.284. The van der Waals surface area contributed by atoms with E-state index in [9.17, 15) is 9.18 Å². The quantitative estimate of drug-likeness (QED) is 0.716. The number of carbonyl (C=O) groups excluding carboxylic acids is 1. The van der Waals surface area contributed by atoms with Crippen molar-refractivity contribution in [3.05, 3.63) is 72.3 Å². The molecule has 0 saturated carbocycles. The number of anilines is 1. The van der Waals surface area contributed by atoms with Crippen LogP contribution >= 0.6 is 0 Å². The van der Waals surface area contributed by atoms with Crippen LogP contribution in [0.3, 0.4) is 0 Å². The number of hydrogen-bond donors (Lipinski definition) is 0. The van der Waals surface area contributed by atoms with E-state index < -0.39 is 0 Å². The van der Waals surface area contributed by atoms with Gasteiger partial charge in [-0.25, -0.2) is 9.07 Å². The second kappa shape index (κ2) is 7.19. The fourth-order valence-corrected chi connectivity index (χ4v) is 3.51. The van der Waals surface area contributed by atoms with Crippen LogP contribution in [-0.4, -0.2) is 51.5 Å². The first kappa shape index (κ1) is 17.2. The van der Waals surface area contributed by atoms with E-state index in [-0.39, 0.29) is 17.8 Å². The van der Waals surface area contributed by atoms with Crippen molar-refractivity contribution in [2.45, 2.75) is 13.0 Å². The van der Waals surface area contributed by atoms with Gasteiger partial charge in [-0.3, -0.25) is 4.79 Å². The van der Waals surface area contributed by atoms with Gasteiger partial charge in [0.2, 0.25) is 0 Å². The van der Waals surface area contributed by atoms with Crippen LogP contribution in [0.4, 0.5) is 10.1 Å². The molecule has 2 heterocycles. The SMILES string of the molecule is CC1CN(c2cccc(F)c2)CCN1C(=O)c1ccccc1-n1ccnn1. The normalized spacial score (nSPS) is 17.2. The summed E-state index contributed by atoms with van der Waals surface area (Å²) in [6, 6.07) is 14.0. The number of para-hydroxylation sites is 1. The zero-order chi connectivity index (χ0) is 18.8. The topological polar surface area (TPSA) is 54.3 Å². The molecule has 1 aliphatic rings. The van der Waals surface area contributed by atoms with E-state index in [1.165, 1.54) is 12.1 Å². The summed E-state index contributed by atoms with van der Waals surface area (Å²) >= 11 is 0. The second-order valence-corrected chi connectivity index (χ2v) is 6.64. The Morgan fingerprint density at radius 1 is 1.15 bits per heavy atom. The van der Waals surface area contributed by atoms with Gasteiger partial charge in [0.25, 0.3) is 5.91 Å². The van der Waals surface area contributed by atoms with Gasteiger partial charge >= 0.3 is 0 Å². The number of benzene rings is 2. The van der Waals surface area contributed by atoms with E-state index in [1.807, 2.05) is 42.2 Å². The van der Waals surface area contributed by atoms with Gasteiger partial charge in [-0.05, 0) is 37.3 Å². The molecule has 1 atom stereocenters. The largest absolute Gasteiger partial charge is 0.368 e. The number of rotatable bonds is 3. The van der Waals surface area contributed by atoms with Gasteiger partial charge in [0.05, 0.1) is 23.6 Å². The van der Waals surface area contributed by atoms with Gasteiger partial charge in [-0.2, -0.15) is 0 Å². The fraction of sp³-hybridized carbons (Fsp3) is 0.250. The summed E-state index contributed by atoms with van der Waals surface area (Å²) in [7, 11) is 0. The van der Waals surface area contributed by atoms with Crippen molar-refractivity contribution in [1.29, 1.82) is 0 Å². The van der Waals surface area contributed by atoms with E-state index in [4.69, 9.17) is 0 Å². The van der Waals surface area contributed by atoms with Gasteiger partial charge in [0.1, 0.15) is 5.82 Å². The minimum atomic E-state index is -0.250. The molecule has 1 aromatic heterocycles. The van der Waals surface area contributed by atoms with Crippen molar-refractivity contribution < 1.29 is 9.18 Å². The molecule has 1 saturated heterocycles. The molecule has 0 bridgehead atoms. The lowest BCUT2D eigenvalue weighted by Gasteiger charge is -2.41. The fourth-order valence-electron chi connectivity index (χ4n) is 3.51. The van der Waals surface area contributed by atoms with Crippen LogP contribution in [0.25, 0.3) is 5.69 Å². The van der Waals surface area contributed by atoms with Crippen LogP contribution in [0, 0.1) is 5.82 Å². The standard InChI is InChI=1S/C20H20FN5O/c1-15-14-24(17-6-4-5-16(21)13-17)11-12-25(15)20(27)18-7-2-3-8-19(18)26-10-9-22-23-26/h2-10,13,15H,11-12,14H2,1H3. The molecule has 0 radical (unpaired) electrons. The van der Waals surface area contributed by atoms with E-state index in [1.54, 1.807) is 23.1 Å². The van der Waals surface area contributed by atoms with Crippen molar-refractivity contribution >= 4 is 11.6 Å². The third kappa shape index (κ3) is 3.40. The van der Waals surface area contributed by atoms with Crippen LogP contribution in [0.5, 0.6) is 0 Å². The lowest BCUT2D eigenvalue weighted by atomic mass is 10.1. The van der Waals surface area contributed by atoms with Crippen molar-refractivity contribution in [3.8, 4) is 5.69 Å². The molecular weight excluding hydrogens is 345 g/mol. The smallest absolute Gasteiger partial charge is 0.256 e. The van der Waals surface area contributed by atoms with E-state index >= 15 is 0 Å². The predicted octanol–water partition coefficient (Wildman–Crippen LogP) is 2.76. The molecule has 0 N–H and O–H groups in total. The zero-order valence-electron chi connectivity index (χ0n) is 15.0. The van der Waals surface area contributed by atoms with Gasteiger partial charge in [-0.15, -0.1) is 5.10 Å². The van der Waals surface area contributed by atoms with Crippen molar-refractivity contribution in [3.63, 3.8) is 0 Å². The highest BCUT2D eigenvalue weighted by Crippen LogP contribution is 2.23. The summed E-state index contributed by atoms with van der Waals surface area (Å²) < 4.78 is 15.1. The molecule has 7 heteroatoms. The highest BCUT2D eigenvalue weighted by Gasteiger charge is 2.29. The van der Waals surface area contributed by atoms with Crippen LogP contribution in [0.2, 0.25) is 0 Å². The highest BCUT2D eigenvalue weighted by molar-refractivity contribution is 5.98. The molecule has 1 aliphatic heterocycles. The average Bonchev–Trinajstić information content (AvgIpc) is 3.22. The molecule has 0 aliphatic carbocycles. The van der Waals surface area contributed by atoms with E-state index in [0.29, 0.717) is 30.9 Å². The highest BCUT2D eigenvalue weighted by atomic mass is 19.1. The Bertz CT molecular complexity index is 943. The summed E-state index contributed by atoms with van der Waals surface area (Å²) in [6.07, 6.45) is 3.30. The number of aromatic nitrogens is 3. The number of piperazine rings is 1. The molecule has 27 heavy (non-hydrogen) atoms. The Hall–Kier alpha value is -3.22. The predicted molar refractivity (Wildman–Crippen MR) is 100 cm³/mol. The minimum absolute atomic E-state index is 0.00156. The molecule has 1 fully saturated rings. The molecule has 2 aromatic carbocycles. The van der Waals surface area contributed by atoms with Gasteiger partial charge in [-0.1, -0.05) is 23.4 Å². The Morgan fingerprint density at radius 3 is 2.74 bits per heavy atom. The number of amides is 1. The average molecular weight is 365 g/mol. The van der Waals surface area contributed by atoms with Crippen molar-refractivity contribution in [1.82, 2.24) is 19.9 Å². The number of halogens is 1. The molecule has 0 spiro atoms. The van der Waals surface area contributed by atoms with Crippen LogP contribution in [-0.2, 0) is 0 Å². The maximum absolute atomic E-state index is 13.5. The number of nitrogens with zero attached hydrogens (tertiary/aromatic N) is 5. The Kier molecular flexibility index (Phi) is 4.58. The van der Waals surface area contributed by atoms with Gasteiger partial charge < -0.3 is 9.80 Å². The van der Waals surface area contributed by atoms with E-state index in [2.05, 4.69) is 15.2 Å². The van der Waals surface area contributed by atoms with Crippen molar-refractivity contribution in [2.75, 3.05) is 24.5 Å². The first-order valence-corrected chi connectivity index (χ1v) is 8.90. The lowest BCUT2D eigenvalue weighted by molar-refractivity contribution is 0.0674. The third-order valence-electron chi connectivity index (χ3n) is 4.87.